The van der Waals surface area contributed by atoms with Gasteiger partial charge >= 0.3 is 0 Å². The van der Waals surface area contributed by atoms with Crippen LogP contribution in [-0.4, -0.2) is 12.1 Å². The minimum atomic E-state index is 0. The number of aromatic nitrogens is 1. The van der Waals surface area contributed by atoms with E-state index in [0.717, 1.165) is 5.82 Å². The van der Waals surface area contributed by atoms with Crippen molar-refractivity contribution in [1.29, 1.82) is 0 Å². The molecule has 0 aromatic carbocycles. The van der Waals surface area contributed by atoms with Crippen LogP contribution in [0.25, 0.3) is 0 Å². The second-order valence-electron chi connectivity index (χ2n) is 1.52. The van der Waals surface area contributed by atoms with Crippen LogP contribution >= 0.6 is 12.4 Å². The molecule has 1 heterocycles. The first-order valence-electron chi connectivity index (χ1n) is 2.63. The summed E-state index contributed by atoms with van der Waals surface area (Å²) < 4.78 is 0. The summed E-state index contributed by atoms with van der Waals surface area (Å²) in [5, 5.41) is 0. The Balaban J connectivity index is 0.000000810. The van der Waals surface area contributed by atoms with E-state index in [1.54, 1.807) is 13.3 Å². The quantitative estimate of drug-likeness (QED) is 0.666. The van der Waals surface area contributed by atoms with Crippen LogP contribution in [0.4, 0.5) is 5.82 Å². The lowest BCUT2D eigenvalue weighted by molar-refractivity contribution is 0.269. The number of hydrogen-bond donors (Lipinski definition) is 1. The Labute approximate surface area is 65.8 Å². The molecule has 0 amide bonds. The Kier molecular flexibility index (Phi) is 4.62. The van der Waals surface area contributed by atoms with Crippen LogP contribution in [0, 0.1) is 0 Å². The van der Waals surface area contributed by atoms with E-state index in [0.29, 0.717) is 0 Å². The van der Waals surface area contributed by atoms with E-state index in [9.17, 15) is 0 Å². The van der Waals surface area contributed by atoms with Gasteiger partial charge in [-0.05, 0) is 12.1 Å². The lowest BCUT2D eigenvalue weighted by Gasteiger charge is -1.97. The first-order chi connectivity index (χ1) is 4.43. The molecule has 4 heteroatoms. The van der Waals surface area contributed by atoms with E-state index in [2.05, 4.69) is 15.3 Å². The van der Waals surface area contributed by atoms with Gasteiger partial charge in [-0.1, -0.05) is 6.07 Å². The molecule has 1 rings (SSSR count). The fraction of sp³-hybridized carbons (Fsp3) is 0.167. The van der Waals surface area contributed by atoms with Crippen molar-refractivity contribution >= 4 is 18.2 Å². The molecule has 0 saturated heterocycles. The van der Waals surface area contributed by atoms with Crippen molar-refractivity contribution in [2.75, 3.05) is 12.6 Å². The van der Waals surface area contributed by atoms with Gasteiger partial charge in [-0.3, -0.25) is 4.84 Å². The molecule has 0 spiro atoms. The fourth-order valence-corrected chi connectivity index (χ4v) is 0.528. The van der Waals surface area contributed by atoms with Gasteiger partial charge in [0.2, 0.25) is 0 Å². The smallest absolute Gasteiger partial charge is 0.149 e. The summed E-state index contributed by atoms with van der Waals surface area (Å²) in [6.45, 7) is 0. The molecular weight excluding hydrogens is 152 g/mol. The van der Waals surface area contributed by atoms with Gasteiger partial charge in [0.05, 0.1) is 7.11 Å². The first-order valence-corrected chi connectivity index (χ1v) is 2.63. The van der Waals surface area contributed by atoms with Crippen molar-refractivity contribution in [3.63, 3.8) is 0 Å². The van der Waals surface area contributed by atoms with E-state index >= 15 is 0 Å². The molecule has 56 valence electrons. The molecule has 10 heavy (non-hydrogen) atoms. The SMILES string of the molecule is CONc1ccccn1.Cl. The van der Waals surface area contributed by atoms with Crippen molar-refractivity contribution in [2.45, 2.75) is 0 Å². The molecule has 1 aromatic rings. The molecular formula is C6H9ClN2O. The third-order valence-electron chi connectivity index (χ3n) is 0.872. The number of nitrogens with zero attached hydrogens (tertiary/aromatic N) is 1. The average molecular weight is 161 g/mol. The molecule has 0 aliphatic carbocycles. The summed E-state index contributed by atoms with van der Waals surface area (Å²) in [5.74, 6) is 0.722. The minimum absolute atomic E-state index is 0. The predicted octanol–water partition coefficient (Wildman–Crippen LogP) is 1.48. The molecule has 0 saturated carbocycles. The van der Waals surface area contributed by atoms with E-state index in [-0.39, 0.29) is 12.4 Å². The number of rotatable bonds is 2. The van der Waals surface area contributed by atoms with Gasteiger partial charge in [-0.2, -0.15) is 0 Å². The maximum Gasteiger partial charge on any atom is 0.149 e. The van der Waals surface area contributed by atoms with Gasteiger partial charge in [0, 0.05) is 6.20 Å². The van der Waals surface area contributed by atoms with Gasteiger partial charge in [0.15, 0.2) is 0 Å². The summed E-state index contributed by atoms with van der Waals surface area (Å²) in [6, 6.07) is 5.55. The maximum atomic E-state index is 4.62. The molecule has 3 nitrogen and oxygen atoms in total. The second kappa shape index (κ2) is 5.02. The Morgan fingerprint density at radius 3 is 2.80 bits per heavy atom. The number of halogens is 1. The highest BCUT2D eigenvalue weighted by Crippen LogP contribution is 1.97. The summed E-state index contributed by atoms with van der Waals surface area (Å²) in [5.41, 5.74) is 2.60. The highest BCUT2D eigenvalue weighted by atomic mass is 35.5. The zero-order chi connectivity index (χ0) is 6.53. The molecule has 0 aliphatic heterocycles. The normalized spacial score (nSPS) is 8.10. The Bertz CT molecular complexity index is 169. The van der Waals surface area contributed by atoms with Crippen molar-refractivity contribution in [3.8, 4) is 0 Å². The Morgan fingerprint density at radius 1 is 1.50 bits per heavy atom. The largest absolute Gasteiger partial charge is 0.278 e. The van der Waals surface area contributed by atoms with E-state index in [4.69, 9.17) is 0 Å². The Morgan fingerprint density at radius 2 is 2.30 bits per heavy atom. The molecule has 0 radical (unpaired) electrons. The minimum Gasteiger partial charge on any atom is -0.278 e. The molecule has 1 N–H and O–H groups in total. The van der Waals surface area contributed by atoms with Crippen LogP contribution in [-0.2, 0) is 4.84 Å². The lowest BCUT2D eigenvalue weighted by atomic mass is 10.5. The van der Waals surface area contributed by atoms with E-state index in [1.807, 2.05) is 18.2 Å². The molecule has 1 aromatic heterocycles. The molecule has 0 bridgehead atoms. The van der Waals surface area contributed by atoms with Crippen LogP contribution in [0.3, 0.4) is 0 Å². The highest BCUT2D eigenvalue weighted by molar-refractivity contribution is 5.85. The van der Waals surface area contributed by atoms with E-state index < -0.39 is 0 Å². The maximum absolute atomic E-state index is 4.62. The van der Waals surface area contributed by atoms with Gasteiger partial charge in [-0.25, -0.2) is 10.5 Å². The molecule has 0 aliphatic rings. The summed E-state index contributed by atoms with van der Waals surface area (Å²) in [4.78, 5) is 8.55. The third kappa shape index (κ3) is 2.66. The number of hydrogen-bond acceptors (Lipinski definition) is 3. The second-order valence-corrected chi connectivity index (χ2v) is 1.52. The third-order valence-corrected chi connectivity index (χ3v) is 0.872. The van der Waals surface area contributed by atoms with Crippen molar-refractivity contribution in [1.82, 2.24) is 4.98 Å². The van der Waals surface area contributed by atoms with Gasteiger partial charge in [-0.15, -0.1) is 12.4 Å². The van der Waals surface area contributed by atoms with Gasteiger partial charge < -0.3 is 0 Å². The van der Waals surface area contributed by atoms with Crippen molar-refractivity contribution in [3.05, 3.63) is 24.4 Å². The average Bonchev–Trinajstić information content (AvgIpc) is 1.91. The zero-order valence-electron chi connectivity index (χ0n) is 5.57. The fourth-order valence-electron chi connectivity index (χ4n) is 0.528. The topological polar surface area (TPSA) is 34.1 Å². The molecule has 0 atom stereocenters. The van der Waals surface area contributed by atoms with Crippen molar-refractivity contribution in [2.24, 2.45) is 0 Å². The highest BCUT2D eigenvalue weighted by Gasteiger charge is 1.83. The van der Waals surface area contributed by atoms with Crippen LogP contribution in [0.5, 0.6) is 0 Å². The van der Waals surface area contributed by atoms with Crippen molar-refractivity contribution < 1.29 is 4.84 Å². The summed E-state index contributed by atoms with van der Waals surface area (Å²) in [7, 11) is 1.55. The van der Waals surface area contributed by atoms with Crippen LogP contribution in [0.2, 0.25) is 0 Å². The summed E-state index contributed by atoms with van der Waals surface area (Å²) in [6.07, 6.45) is 1.70. The van der Waals surface area contributed by atoms with Gasteiger partial charge in [0.25, 0.3) is 0 Å². The lowest BCUT2D eigenvalue weighted by Crippen LogP contribution is -1.96. The van der Waals surface area contributed by atoms with Crippen LogP contribution < -0.4 is 5.48 Å². The monoisotopic (exact) mass is 160 g/mol. The van der Waals surface area contributed by atoms with E-state index in [1.165, 1.54) is 0 Å². The van der Waals surface area contributed by atoms with Gasteiger partial charge in [0.1, 0.15) is 5.82 Å². The van der Waals surface area contributed by atoms with Crippen LogP contribution in [0.15, 0.2) is 24.4 Å². The first kappa shape index (κ1) is 9.20. The predicted molar refractivity (Wildman–Crippen MR) is 42.1 cm³/mol. The molecule has 0 unspecified atom stereocenters. The standard InChI is InChI=1S/C6H8N2O.ClH/c1-9-8-6-4-2-3-5-7-6;/h2-5H,1H3,(H,7,8);1H. The number of nitrogens with one attached hydrogen (secondary N) is 1. The Hall–Kier alpha value is -0.800. The number of anilines is 1. The summed E-state index contributed by atoms with van der Waals surface area (Å²) >= 11 is 0. The molecule has 0 fully saturated rings. The number of pyridine rings is 1. The van der Waals surface area contributed by atoms with Crippen LogP contribution in [0.1, 0.15) is 0 Å². The zero-order valence-corrected chi connectivity index (χ0v) is 6.39.